The Bertz CT molecular complexity index is 482. The van der Waals surface area contributed by atoms with E-state index in [1.807, 2.05) is 36.6 Å². The number of benzene rings is 2. The normalized spacial score (nSPS) is 10.7. The van der Waals surface area contributed by atoms with Crippen molar-refractivity contribution in [3.8, 4) is 0 Å². The lowest BCUT2D eigenvalue weighted by atomic mass is 9.93. The van der Waals surface area contributed by atoms with Gasteiger partial charge in [0.1, 0.15) is 7.85 Å². The predicted octanol–water partition coefficient (Wildman–Crippen LogP) is 3.01. The second kappa shape index (κ2) is 3.88. The largest absolute Gasteiger partial charge is 0.130 e. The molecular formula is C11H8BClS. The van der Waals surface area contributed by atoms with Gasteiger partial charge in [-0.1, -0.05) is 41.3 Å². The third-order valence-corrected chi connectivity index (χ3v) is 3.34. The van der Waals surface area contributed by atoms with E-state index in [0.717, 1.165) is 26.2 Å². The lowest BCUT2D eigenvalue weighted by Gasteiger charge is -2.09. The average Bonchev–Trinajstić information content (AvgIpc) is 2.19. The Hall–Kier alpha value is -0.595. The number of fused-ring (bicyclic) bond motifs is 1. The molecule has 0 aliphatic rings. The van der Waals surface area contributed by atoms with Gasteiger partial charge in [-0.2, -0.15) is 0 Å². The van der Waals surface area contributed by atoms with E-state index in [1.165, 1.54) is 0 Å². The van der Waals surface area contributed by atoms with E-state index in [2.05, 4.69) is 0 Å². The van der Waals surface area contributed by atoms with Crippen LogP contribution >= 0.6 is 23.4 Å². The fourth-order valence-electron chi connectivity index (χ4n) is 1.54. The molecule has 2 aromatic carbocycles. The van der Waals surface area contributed by atoms with Crippen LogP contribution in [0.15, 0.2) is 35.2 Å². The van der Waals surface area contributed by atoms with Crippen LogP contribution in [0, 0.1) is 0 Å². The molecule has 0 saturated carbocycles. The highest BCUT2D eigenvalue weighted by molar-refractivity contribution is 7.99. The molecule has 0 unspecified atom stereocenters. The van der Waals surface area contributed by atoms with E-state index < -0.39 is 0 Å². The van der Waals surface area contributed by atoms with Gasteiger partial charge in [-0.05, 0) is 17.7 Å². The Morgan fingerprint density at radius 2 is 2.00 bits per heavy atom. The maximum absolute atomic E-state index is 6.14. The summed E-state index contributed by atoms with van der Waals surface area (Å²) >= 11 is 7.77. The van der Waals surface area contributed by atoms with Crippen molar-refractivity contribution in [1.29, 1.82) is 0 Å². The van der Waals surface area contributed by atoms with Crippen LogP contribution in [0.25, 0.3) is 10.8 Å². The molecule has 0 bridgehead atoms. The molecule has 14 heavy (non-hydrogen) atoms. The first-order chi connectivity index (χ1) is 6.74. The van der Waals surface area contributed by atoms with Gasteiger partial charge < -0.3 is 0 Å². The van der Waals surface area contributed by atoms with Gasteiger partial charge in [0.05, 0.1) is 0 Å². The van der Waals surface area contributed by atoms with Gasteiger partial charge >= 0.3 is 0 Å². The number of rotatable bonds is 1. The van der Waals surface area contributed by atoms with Crippen LogP contribution in [0.4, 0.5) is 0 Å². The van der Waals surface area contributed by atoms with Crippen molar-refractivity contribution < 1.29 is 0 Å². The first-order valence-electron chi connectivity index (χ1n) is 4.24. The zero-order valence-corrected chi connectivity index (χ0v) is 9.32. The number of thioether (sulfide) groups is 1. The van der Waals surface area contributed by atoms with Crippen LogP contribution in [0.2, 0.25) is 5.02 Å². The van der Waals surface area contributed by atoms with Gasteiger partial charge in [0.25, 0.3) is 0 Å². The second-order valence-corrected chi connectivity index (χ2v) is 4.25. The summed E-state index contributed by atoms with van der Waals surface area (Å²) in [6.07, 6.45) is 2.01. The monoisotopic (exact) mass is 218 g/mol. The minimum Gasteiger partial charge on any atom is -0.130 e. The first-order valence-corrected chi connectivity index (χ1v) is 5.85. The van der Waals surface area contributed by atoms with Crippen molar-refractivity contribution in [2.45, 2.75) is 4.90 Å². The molecule has 2 radical (unpaired) electrons. The molecule has 0 amide bonds. The molecular weight excluding hydrogens is 210 g/mol. The minimum absolute atomic E-state index is 0.763. The highest BCUT2D eigenvalue weighted by atomic mass is 35.5. The summed E-state index contributed by atoms with van der Waals surface area (Å²) in [6, 6.07) is 9.80. The molecule has 68 valence electrons. The minimum atomic E-state index is 0.763. The van der Waals surface area contributed by atoms with Crippen LogP contribution in [0.5, 0.6) is 0 Å². The summed E-state index contributed by atoms with van der Waals surface area (Å²) in [7, 11) is 5.89. The molecule has 0 nitrogen and oxygen atoms in total. The van der Waals surface area contributed by atoms with Crippen LogP contribution < -0.4 is 5.46 Å². The molecule has 3 heteroatoms. The Morgan fingerprint density at radius 3 is 2.71 bits per heavy atom. The van der Waals surface area contributed by atoms with Gasteiger partial charge in [-0.25, -0.2) is 0 Å². The third kappa shape index (κ3) is 1.53. The summed E-state index contributed by atoms with van der Waals surface area (Å²) in [6.45, 7) is 0. The van der Waals surface area contributed by atoms with Crippen molar-refractivity contribution in [3.05, 3.63) is 35.4 Å². The quantitative estimate of drug-likeness (QED) is 0.524. The van der Waals surface area contributed by atoms with E-state index >= 15 is 0 Å². The highest BCUT2D eigenvalue weighted by Gasteiger charge is 2.05. The smallest absolute Gasteiger partial charge is 0.115 e. The summed E-state index contributed by atoms with van der Waals surface area (Å²) in [5, 5.41) is 2.96. The second-order valence-electron chi connectivity index (χ2n) is 3.03. The molecule has 0 spiro atoms. The summed E-state index contributed by atoms with van der Waals surface area (Å²) in [4.78, 5) is 1.06. The van der Waals surface area contributed by atoms with Crippen molar-refractivity contribution >= 4 is 47.4 Å². The zero-order valence-electron chi connectivity index (χ0n) is 7.75. The highest BCUT2D eigenvalue weighted by Crippen LogP contribution is 2.30. The molecule has 0 atom stereocenters. The first kappa shape index (κ1) is 9.94. The molecule has 0 aromatic heterocycles. The topological polar surface area (TPSA) is 0 Å². The van der Waals surface area contributed by atoms with Crippen LogP contribution in [-0.2, 0) is 0 Å². The summed E-state index contributed by atoms with van der Waals surface area (Å²) in [5.41, 5.74) is 0.790. The van der Waals surface area contributed by atoms with Gasteiger partial charge in [-0.3, -0.25) is 0 Å². The lowest BCUT2D eigenvalue weighted by molar-refractivity contribution is 1.61. The predicted molar refractivity (Wildman–Crippen MR) is 66.1 cm³/mol. The fourth-order valence-corrected chi connectivity index (χ4v) is 2.61. The van der Waals surface area contributed by atoms with Gasteiger partial charge in [-0.15, -0.1) is 11.8 Å². The van der Waals surface area contributed by atoms with Gasteiger partial charge in [0.2, 0.25) is 0 Å². The van der Waals surface area contributed by atoms with Crippen molar-refractivity contribution in [3.63, 3.8) is 0 Å². The van der Waals surface area contributed by atoms with Crippen molar-refractivity contribution in [2.24, 2.45) is 0 Å². The summed E-state index contributed by atoms with van der Waals surface area (Å²) < 4.78 is 0. The van der Waals surface area contributed by atoms with Crippen LogP contribution in [0.3, 0.4) is 0 Å². The number of hydrogen-bond acceptors (Lipinski definition) is 1. The third-order valence-electron chi connectivity index (χ3n) is 2.18. The van der Waals surface area contributed by atoms with Crippen molar-refractivity contribution in [1.82, 2.24) is 0 Å². The number of hydrogen-bond donors (Lipinski definition) is 0. The molecule has 0 N–H and O–H groups in total. The fraction of sp³-hybridized carbons (Fsp3) is 0.0909. The van der Waals surface area contributed by atoms with E-state index in [0.29, 0.717) is 0 Å². The Morgan fingerprint density at radius 1 is 1.21 bits per heavy atom. The van der Waals surface area contributed by atoms with Gasteiger partial charge in [0, 0.05) is 15.3 Å². The van der Waals surface area contributed by atoms with Crippen LogP contribution in [0.1, 0.15) is 0 Å². The maximum atomic E-state index is 6.14. The Labute approximate surface area is 94.1 Å². The standard InChI is InChI=1S/C11H8BClS/c1-14-11-8(12)6-5-7-3-2-4-9(13)10(7)11/h2-6H,1H3. The molecule has 0 aliphatic heterocycles. The Kier molecular flexibility index (Phi) is 2.75. The number of halogens is 1. The molecule has 2 rings (SSSR count). The molecule has 0 aliphatic carbocycles. The van der Waals surface area contributed by atoms with E-state index in [9.17, 15) is 0 Å². The van der Waals surface area contributed by atoms with Crippen molar-refractivity contribution in [2.75, 3.05) is 6.26 Å². The van der Waals surface area contributed by atoms with E-state index in [1.54, 1.807) is 11.8 Å². The Balaban J connectivity index is 2.91. The maximum Gasteiger partial charge on any atom is 0.115 e. The molecule has 0 heterocycles. The molecule has 0 fully saturated rings. The zero-order chi connectivity index (χ0) is 10.1. The van der Waals surface area contributed by atoms with Gasteiger partial charge in [0.15, 0.2) is 0 Å². The average molecular weight is 219 g/mol. The molecule has 2 aromatic rings. The molecule has 0 saturated heterocycles. The lowest BCUT2D eigenvalue weighted by Crippen LogP contribution is -2.05. The SMILES string of the molecule is [B]c1ccc2cccc(Cl)c2c1SC. The van der Waals surface area contributed by atoms with E-state index in [-0.39, 0.29) is 0 Å². The van der Waals surface area contributed by atoms with Crippen LogP contribution in [-0.4, -0.2) is 14.1 Å². The summed E-state index contributed by atoms with van der Waals surface area (Å²) in [5.74, 6) is 0. The van der Waals surface area contributed by atoms with E-state index in [4.69, 9.17) is 19.4 Å².